The maximum absolute atomic E-state index is 10.3. The molecule has 0 radical (unpaired) electrons. The molecule has 0 fully saturated rings. The molecule has 1 N–H and O–H groups in total. The first-order valence-corrected chi connectivity index (χ1v) is 6.46. The van der Waals surface area contributed by atoms with Crippen molar-refractivity contribution in [3.05, 3.63) is 61.8 Å². The number of hydrogen-bond acceptors (Lipinski definition) is 2. The molecule has 0 amide bonds. The van der Waals surface area contributed by atoms with Crippen molar-refractivity contribution in [2.75, 3.05) is 0 Å². The molecule has 6 heteroatoms. The zero-order valence-electron chi connectivity index (χ0n) is 8.87. The molecule has 2 nitrogen and oxygen atoms in total. The van der Waals surface area contributed by atoms with Gasteiger partial charge in [-0.3, -0.25) is 0 Å². The van der Waals surface area contributed by atoms with Crippen LogP contribution in [-0.2, 0) is 0 Å². The molecule has 1 heterocycles. The molecule has 18 heavy (non-hydrogen) atoms. The van der Waals surface area contributed by atoms with Gasteiger partial charge in [-0.1, -0.05) is 76.7 Å². The monoisotopic (exact) mass is 321 g/mol. The van der Waals surface area contributed by atoms with E-state index in [0.29, 0.717) is 5.56 Å². The maximum atomic E-state index is 10.3. The fourth-order valence-corrected chi connectivity index (χ4v) is 2.49. The van der Waals surface area contributed by atoms with Crippen LogP contribution in [0.4, 0.5) is 0 Å². The highest BCUT2D eigenvalue weighted by atomic mass is 35.5. The number of hydrogen-bond donors (Lipinski definition) is 1. The van der Waals surface area contributed by atoms with Crippen molar-refractivity contribution in [3.63, 3.8) is 0 Å². The van der Waals surface area contributed by atoms with E-state index in [1.807, 2.05) is 6.07 Å². The van der Waals surface area contributed by atoms with Gasteiger partial charge in [0.1, 0.15) is 16.4 Å². The second kappa shape index (κ2) is 5.64. The van der Waals surface area contributed by atoms with Crippen LogP contribution in [0.2, 0.25) is 20.4 Å². The topological polar surface area (TPSA) is 33.1 Å². The standard InChI is InChI=1S/C12H7Cl4NO/c13-8-7(9(14)12(16)17-11(8)15)10(18)6-4-2-1-3-5-6/h1-5,10,18H. The first-order valence-electron chi connectivity index (χ1n) is 4.95. The lowest BCUT2D eigenvalue weighted by atomic mass is 10.0. The molecule has 2 rings (SSSR count). The van der Waals surface area contributed by atoms with Crippen LogP contribution in [0.3, 0.4) is 0 Å². The van der Waals surface area contributed by atoms with Crippen molar-refractivity contribution in [3.8, 4) is 0 Å². The number of aromatic nitrogens is 1. The van der Waals surface area contributed by atoms with Crippen molar-refractivity contribution in [2.45, 2.75) is 6.10 Å². The Bertz CT molecular complexity index is 548. The summed E-state index contributed by atoms with van der Waals surface area (Å²) in [7, 11) is 0. The fraction of sp³-hybridized carbons (Fsp3) is 0.0833. The Hall–Kier alpha value is -0.510. The SMILES string of the molecule is OC(c1ccccc1)c1c(Cl)c(Cl)nc(Cl)c1Cl. The Labute approximate surface area is 124 Å². The fourth-order valence-electron chi connectivity index (χ4n) is 1.55. The van der Waals surface area contributed by atoms with E-state index in [-0.39, 0.29) is 25.9 Å². The average Bonchev–Trinajstić information content (AvgIpc) is 2.37. The Morgan fingerprint density at radius 2 is 1.39 bits per heavy atom. The molecule has 2 aromatic rings. The van der Waals surface area contributed by atoms with E-state index < -0.39 is 6.10 Å². The minimum absolute atomic E-state index is 0.0102. The van der Waals surface area contributed by atoms with Gasteiger partial charge in [-0.2, -0.15) is 0 Å². The first kappa shape index (κ1) is 13.9. The third kappa shape index (κ3) is 2.58. The second-order valence-electron chi connectivity index (χ2n) is 3.55. The van der Waals surface area contributed by atoms with Crippen LogP contribution >= 0.6 is 46.4 Å². The normalized spacial score (nSPS) is 12.5. The lowest BCUT2D eigenvalue weighted by Gasteiger charge is -2.16. The van der Waals surface area contributed by atoms with Crippen LogP contribution < -0.4 is 0 Å². The van der Waals surface area contributed by atoms with Gasteiger partial charge in [-0.05, 0) is 5.56 Å². The van der Waals surface area contributed by atoms with E-state index in [1.54, 1.807) is 24.3 Å². The molecule has 0 bridgehead atoms. The van der Waals surface area contributed by atoms with E-state index in [1.165, 1.54) is 0 Å². The summed E-state index contributed by atoms with van der Waals surface area (Å²) in [6.45, 7) is 0. The molecule has 0 saturated carbocycles. The van der Waals surface area contributed by atoms with Crippen LogP contribution in [0.5, 0.6) is 0 Å². The van der Waals surface area contributed by atoms with E-state index in [2.05, 4.69) is 4.98 Å². The average molecular weight is 323 g/mol. The highest BCUT2D eigenvalue weighted by Gasteiger charge is 2.22. The Morgan fingerprint density at radius 3 is 1.89 bits per heavy atom. The van der Waals surface area contributed by atoms with Gasteiger partial charge in [0, 0.05) is 5.56 Å². The molecule has 1 atom stereocenters. The molecular formula is C12H7Cl4NO. The largest absolute Gasteiger partial charge is 0.384 e. The Morgan fingerprint density at radius 1 is 0.889 bits per heavy atom. The molecule has 0 spiro atoms. The quantitative estimate of drug-likeness (QED) is 0.807. The summed E-state index contributed by atoms with van der Waals surface area (Å²) in [5.41, 5.74) is 0.897. The van der Waals surface area contributed by atoms with Crippen LogP contribution in [0.1, 0.15) is 17.2 Å². The van der Waals surface area contributed by atoms with Gasteiger partial charge in [-0.25, -0.2) is 4.98 Å². The molecule has 0 aliphatic carbocycles. The summed E-state index contributed by atoms with van der Waals surface area (Å²) in [6.07, 6.45) is -1.01. The van der Waals surface area contributed by atoms with Gasteiger partial charge in [0.15, 0.2) is 0 Å². The number of aliphatic hydroxyl groups excluding tert-OH is 1. The van der Waals surface area contributed by atoms with Gasteiger partial charge < -0.3 is 5.11 Å². The predicted molar refractivity (Wildman–Crippen MR) is 74.8 cm³/mol. The zero-order valence-corrected chi connectivity index (χ0v) is 11.9. The lowest BCUT2D eigenvalue weighted by Crippen LogP contribution is -2.03. The van der Waals surface area contributed by atoms with E-state index in [9.17, 15) is 5.11 Å². The highest BCUT2D eigenvalue weighted by Crippen LogP contribution is 2.40. The van der Waals surface area contributed by atoms with Gasteiger partial charge in [-0.15, -0.1) is 0 Å². The molecule has 1 aromatic heterocycles. The molecule has 94 valence electrons. The van der Waals surface area contributed by atoms with Crippen molar-refractivity contribution in [1.29, 1.82) is 0 Å². The van der Waals surface area contributed by atoms with Crippen LogP contribution in [0, 0.1) is 0 Å². The summed E-state index contributed by atoms with van der Waals surface area (Å²) in [4.78, 5) is 3.77. The number of aliphatic hydroxyl groups is 1. The first-order chi connectivity index (χ1) is 8.52. The summed E-state index contributed by atoms with van der Waals surface area (Å²) < 4.78 is 0. The number of benzene rings is 1. The van der Waals surface area contributed by atoms with Crippen LogP contribution in [0.25, 0.3) is 0 Å². The Balaban J connectivity index is 2.58. The lowest BCUT2D eigenvalue weighted by molar-refractivity contribution is 0.220. The molecule has 0 aliphatic heterocycles. The molecular weight excluding hydrogens is 316 g/mol. The minimum atomic E-state index is -1.01. The minimum Gasteiger partial charge on any atom is -0.384 e. The van der Waals surface area contributed by atoms with Crippen molar-refractivity contribution in [1.82, 2.24) is 4.98 Å². The third-order valence-electron chi connectivity index (χ3n) is 2.42. The third-order valence-corrected chi connectivity index (χ3v) is 3.93. The zero-order chi connectivity index (χ0) is 13.3. The summed E-state index contributed by atoms with van der Waals surface area (Å²) in [5.74, 6) is 0. The van der Waals surface area contributed by atoms with Crippen molar-refractivity contribution in [2.24, 2.45) is 0 Å². The predicted octanol–water partition coefficient (Wildman–Crippen LogP) is 4.78. The Kier molecular flexibility index (Phi) is 4.36. The van der Waals surface area contributed by atoms with Gasteiger partial charge in [0.05, 0.1) is 10.0 Å². The summed E-state index contributed by atoms with van der Waals surface area (Å²) >= 11 is 23.7. The molecule has 0 aliphatic rings. The number of pyridine rings is 1. The van der Waals surface area contributed by atoms with Crippen molar-refractivity contribution < 1.29 is 5.11 Å². The van der Waals surface area contributed by atoms with Crippen LogP contribution in [0.15, 0.2) is 30.3 Å². The summed E-state index contributed by atoms with van der Waals surface area (Å²) in [5, 5.41) is 10.5. The van der Waals surface area contributed by atoms with E-state index >= 15 is 0 Å². The van der Waals surface area contributed by atoms with E-state index in [4.69, 9.17) is 46.4 Å². The smallest absolute Gasteiger partial charge is 0.149 e. The van der Waals surface area contributed by atoms with Crippen molar-refractivity contribution >= 4 is 46.4 Å². The number of rotatable bonds is 2. The van der Waals surface area contributed by atoms with Gasteiger partial charge in [0.2, 0.25) is 0 Å². The van der Waals surface area contributed by atoms with Crippen LogP contribution in [-0.4, -0.2) is 10.1 Å². The highest BCUT2D eigenvalue weighted by molar-refractivity contribution is 6.46. The van der Waals surface area contributed by atoms with Gasteiger partial charge >= 0.3 is 0 Å². The van der Waals surface area contributed by atoms with Gasteiger partial charge in [0.25, 0.3) is 0 Å². The van der Waals surface area contributed by atoms with E-state index in [0.717, 1.165) is 0 Å². The maximum Gasteiger partial charge on any atom is 0.149 e. The second-order valence-corrected chi connectivity index (χ2v) is 5.02. The number of nitrogens with zero attached hydrogens (tertiary/aromatic N) is 1. The summed E-state index contributed by atoms with van der Waals surface area (Å²) in [6, 6.07) is 8.93. The molecule has 0 saturated heterocycles. The molecule has 1 aromatic carbocycles. The molecule has 1 unspecified atom stereocenters. The number of halogens is 4.